The van der Waals surface area contributed by atoms with Crippen LogP contribution in [0.3, 0.4) is 0 Å². The minimum absolute atomic E-state index is 0.0306. The summed E-state index contributed by atoms with van der Waals surface area (Å²) in [6, 6.07) is 5.46. The number of rotatable bonds is 7. The molecular weight excluding hydrogens is 287 g/mol. The van der Waals surface area contributed by atoms with Crippen molar-refractivity contribution in [2.45, 2.75) is 39.4 Å². The molecule has 1 rings (SSSR count). The molecule has 1 aromatic rings. The third-order valence-electron chi connectivity index (χ3n) is 3.53. The van der Waals surface area contributed by atoms with Crippen molar-refractivity contribution in [1.82, 2.24) is 10.6 Å². The molecule has 1 aromatic carbocycles. The summed E-state index contributed by atoms with van der Waals surface area (Å²) in [5, 5.41) is 15.3. The lowest BCUT2D eigenvalue weighted by atomic mass is 9.93. The Morgan fingerprint density at radius 2 is 2.05 bits per heavy atom. The van der Waals surface area contributed by atoms with Crippen LogP contribution in [0.5, 0.6) is 5.75 Å². The quantitative estimate of drug-likeness (QED) is 0.723. The van der Waals surface area contributed by atoms with Gasteiger partial charge in [0.15, 0.2) is 0 Å². The van der Waals surface area contributed by atoms with Crippen molar-refractivity contribution < 1.29 is 19.0 Å². The van der Waals surface area contributed by atoms with Gasteiger partial charge in [0.1, 0.15) is 17.7 Å². The zero-order valence-corrected chi connectivity index (χ0v) is 13.5. The van der Waals surface area contributed by atoms with Crippen LogP contribution in [-0.4, -0.2) is 35.9 Å². The number of urea groups is 1. The molecule has 3 N–H and O–H groups in total. The van der Waals surface area contributed by atoms with Crippen LogP contribution in [0.4, 0.5) is 9.18 Å². The lowest BCUT2D eigenvalue weighted by molar-refractivity contribution is 0.0165. The van der Waals surface area contributed by atoms with Gasteiger partial charge in [-0.2, -0.15) is 0 Å². The molecule has 0 saturated carbocycles. The maximum Gasteiger partial charge on any atom is 0.315 e. The van der Waals surface area contributed by atoms with Crippen LogP contribution in [0.15, 0.2) is 24.3 Å². The zero-order valence-electron chi connectivity index (χ0n) is 13.5. The van der Waals surface area contributed by atoms with E-state index in [4.69, 9.17) is 4.74 Å². The minimum atomic E-state index is -0.957. The highest BCUT2D eigenvalue weighted by Gasteiger charge is 2.25. The summed E-state index contributed by atoms with van der Waals surface area (Å²) in [4.78, 5) is 11.7. The van der Waals surface area contributed by atoms with Crippen molar-refractivity contribution in [1.29, 1.82) is 0 Å². The summed E-state index contributed by atoms with van der Waals surface area (Å²) >= 11 is 0. The number of carbonyl (C=O) groups is 1. The van der Waals surface area contributed by atoms with E-state index in [0.717, 1.165) is 0 Å². The van der Waals surface area contributed by atoms with Gasteiger partial charge in [-0.15, -0.1) is 0 Å². The Morgan fingerprint density at radius 3 is 2.64 bits per heavy atom. The lowest BCUT2D eigenvalue weighted by Gasteiger charge is -2.27. The highest BCUT2D eigenvalue weighted by atomic mass is 19.1. The second kappa shape index (κ2) is 7.98. The molecular formula is C16H25FN2O3. The first-order chi connectivity index (χ1) is 10.2. The summed E-state index contributed by atoms with van der Waals surface area (Å²) in [6.45, 7) is 7.65. The van der Waals surface area contributed by atoms with Gasteiger partial charge in [0.05, 0.1) is 12.1 Å². The van der Waals surface area contributed by atoms with Gasteiger partial charge < -0.3 is 20.5 Å². The Kier molecular flexibility index (Phi) is 6.61. The molecule has 0 aliphatic heterocycles. The van der Waals surface area contributed by atoms with E-state index >= 15 is 0 Å². The summed E-state index contributed by atoms with van der Waals surface area (Å²) in [5.41, 5.74) is -0.957. The molecule has 2 atom stereocenters. The Hall–Kier alpha value is -1.82. The van der Waals surface area contributed by atoms with E-state index in [1.165, 1.54) is 12.1 Å². The largest absolute Gasteiger partial charge is 0.489 e. The van der Waals surface area contributed by atoms with E-state index in [-0.39, 0.29) is 37.0 Å². The molecule has 2 unspecified atom stereocenters. The summed E-state index contributed by atoms with van der Waals surface area (Å²) < 4.78 is 18.5. The van der Waals surface area contributed by atoms with Gasteiger partial charge in [-0.05, 0) is 31.9 Å². The minimum Gasteiger partial charge on any atom is -0.489 e. The molecule has 0 heterocycles. The molecule has 0 fully saturated rings. The predicted octanol–water partition coefficient (Wildman–Crippen LogP) is 2.30. The molecule has 0 radical (unpaired) electrons. The van der Waals surface area contributed by atoms with Gasteiger partial charge >= 0.3 is 6.03 Å². The maximum absolute atomic E-state index is 13.0. The van der Waals surface area contributed by atoms with Gasteiger partial charge in [0, 0.05) is 12.6 Å². The van der Waals surface area contributed by atoms with Crippen molar-refractivity contribution >= 4 is 6.03 Å². The van der Waals surface area contributed by atoms with Gasteiger partial charge in [0.2, 0.25) is 0 Å². The van der Waals surface area contributed by atoms with Gasteiger partial charge in [-0.3, -0.25) is 0 Å². The summed E-state index contributed by atoms with van der Waals surface area (Å²) in [6.07, 6.45) is -0.307. The Bertz CT molecular complexity index is 492. The van der Waals surface area contributed by atoms with E-state index in [1.54, 1.807) is 26.0 Å². The molecule has 124 valence electrons. The highest BCUT2D eigenvalue weighted by molar-refractivity contribution is 5.73. The smallest absolute Gasteiger partial charge is 0.315 e. The second-order valence-corrected chi connectivity index (χ2v) is 5.96. The molecule has 2 amide bonds. The first kappa shape index (κ1) is 18.2. The summed E-state index contributed by atoms with van der Waals surface area (Å²) in [5.74, 6) is 0.0757. The highest BCUT2D eigenvalue weighted by Crippen LogP contribution is 2.14. The number of carbonyl (C=O) groups excluding carboxylic acids is 1. The molecule has 0 saturated heterocycles. The fourth-order valence-corrected chi connectivity index (χ4v) is 1.58. The number of aliphatic hydroxyl groups is 1. The number of halogens is 1. The number of hydrogen-bond acceptors (Lipinski definition) is 3. The molecule has 22 heavy (non-hydrogen) atoms. The fraction of sp³-hybridized carbons (Fsp3) is 0.562. The molecule has 5 nitrogen and oxygen atoms in total. The average molecular weight is 312 g/mol. The van der Waals surface area contributed by atoms with Crippen LogP contribution in [0.2, 0.25) is 0 Å². The number of benzene rings is 1. The Morgan fingerprint density at radius 1 is 1.36 bits per heavy atom. The van der Waals surface area contributed by atoms with Gasteiger partial charge in [-0.25, -0.2) is 9.18 Å². The first-order valence-corrected chi connectivity index (χ1v) is 7.37. The van der Waals surface area contributed by atoms with Crippen LogP contribution in [0, 0.1) is 11.7 Å². The zero-order chi connectivity index (χ0) is 16.8. The molecule has 0 spiro atoms. The van der Waals surface area contributed by atoms with E-state index in [1.807, 2.05) is 13.8 Å². The topological polar surface area (TPSA) is 70.6 Å². The number of ether oxygens (including phenoxy) is 1. The second-order valence-electron chi connectivity index (χ2n) is 5.96. The van der Waals surface area contributed by atoms with E-state index < -0.39 is 5.60 Å². The van der Waals surface area contributed by atoms with Crippen molar-refractivity contribution in [3.05, 3.63) is 30.1 Å². The lowest BCUT2D eigenvalue weighted by Crippen LogP contribution is -2.48. The molecule has 0 aliphatic rings. The van der Waals surface area contributed by atoms with Crippen molar-refractivity contribution in [2.24, 2.45) is 5.92 Å². The Balaban J connectivity index is 2.32. The van der Waals surface area contributed by atoms with Crippen molar-refractivity contribution in [2.75, 3.05) is 13.1 Å². The average Bonchev–Trinajstić information content (AvgIpc) is 2.43. The Labute approximate surface area is 130 Å². The SMILES string of the molecule is CC(CNC(=O)NCC(C)(O)C(C)C)Oc1cccc(F)c1. The van der Waals surface area contributed by atoms with Crippen LogP contribution in [0.1, 0.15) is 27.7 Å². The third kappa shape index (κ3) is 6.30. The standard InChI is InChI=1S/C16H25FN2O3/c1-11(2)16(4,21)10-19-15(20)18-9-12(3)22-14-7-5-6-13(17)8-14/h5-8,11-12,21H,9-10H2,1-4H3,(H2,18,19,20). The third-order valence-corrected chi connectivity index (χ3v) is 3.53. The van der Waals surface area contributed by atoms with Crippen LogP contribution < -0.4 is 15.4 Å². The van der Waals surface area contributed by atoms with Crippen molar-refractivity contribution in [3.63, 3.8) is 0 Å². The monoisotopic (exact) mass is 312 g/mol. The molecule has 6 heteroatoms. The molecule has 0 bridgehead atoms. The van der Waals surface area contributed by atoms with E-state index in [9.17, 15) is 14.3 Å². The van der Waals surface area contributed by atoms with Crippen LogP contribution in [-0.2, 0) is 0 Å². The van der Waals surface area contributed by atoms with E-state index in [2.05, 4.69) is 10.6 Å². The van der Waals surface area contributed by atoms with Crippen LogP contribution in [0.25, 0.3) is 0 Å². The molecule has 0 aromatic heterocycles. The normalized spacial score (nSPS) is 15.0. The number of amides is 2. The predicted molar refractivity (Wildman–Crippen MR) is 83.4 cm³/mol. The van der Waals surface area contributed by atoms with Gasteiger partial charge in [0.25, 0.3) is 0 Å². The van der Waals surface area contributed by atoms with E-state index in [0.29, 0.717) is 5.75 Å². The first-order valence-electron chi connectivity index (χ1n) is 7.37. The van der Waals surface area contributed by atoms with Crippen molar-refractivity contribution in [3.8, 4) is 5.75 Å². The number of nitrogens with one attached hydrogen (secondary N) is 2. The maximum atomic E-state index is 13.0. The summed E-state index contributed by atoms with van der Waals surface area (Å²) in [7, 11) is 0. The van der Waals surface area contributed by atoms with Gasteiger partial charge in [-0.1, -0.05) is 19.9 Å². The van der Waals surface area contributed by atoms with Crippen LogP contribution >= 0.6 is 0 Å². The fourth-order valence-electron chi connectivity index (χ4n) is 1.58. The molecule has 0 aliphatic carbocycles. The number of hydrogen-bond donors (Lipinski definition) is 3.